The molecule has 0 bridgehead atoms. The van der Waals surface area contributed by atoms with E-state index in [4.69, 9.17) is 5.11 Å². The third-order valence-electron chi connectivity index (χ3n) is 3.01. The Morgan fingerprint density at radius 2 is 2.14 bits per heavy atom. The highest BCUT2D eigenvalue weighted by Crippen LogP contribution is 2.25. The van der Waals surface area contributed by atoms with Gasteiger partial charge >= 0.3 is 5.97 Å². The third kappa shape index (κ3) is 3.06. The van der Waals surface area contributed by atoms with Crippen molar-refractivity contribution >= 4 is 49.8 Å². The van der Waals surface area contributed by atoms with Crippen LogP contribution in [0.25, 0.3) is 10.9 Å². The van der Waals surface area contributed by atoms with E-state index >= 15 is 0 Å². The molecule has 0 saturated carbocycles. The second-order valence-electron chi connectivity index (χ2n) is 4.46. The molecule has 0 aliphatic carbocycles. The molecule has 0 fully saturated rings. The van der Waals surface area contributed by atoms with Crippen LogP contribution in [0.15, 0.2) is 46.3 Å². The minimum absolute atomic E-state index is 0.0450. The standard InChI is InChI=1S/C15H11BrN2O2S/c16-9-5-10(21-8-9)7-17-13-6-14(15(19)20)18-12-4-2-1-3-11(12)13/h1-6,8H,7H2,(H,17,18)(H,19,20). The Kier molecular flexibility index (Phi) is 3.90. The Balaban J connectivity index is 1.97. The van der Waals surface area contributed by atoms with Crippen molar-refractivity contribution in [2.75, 3.05) is 5.32 Å². The molecule has 4 nitrogen and oxygen atoms in total. The zero-order valence-corrected chi connectivity index (χ0v) is 13.2. The van der Waals surface area contributed by atoms with Crippen LogP contribution in [0.1, 0.15) is 15.4 Å². The Morgan fingerprint density at radius 1 is 1.33 bits per heavy atom. The summed E-state index contributed by atoms with van der Waals surface area (Å²) in [4.78, 5) is 16.5. The van der Waals surface area contributed by atoms with E-state index in [1.165, 1.54) is 4.88 Å². The average Bonchev–Trinajstić information content (AvgIpc) is 2.90. The van der Waals surface area contributed by atoms with Crippen LogP contribution < -0.4 is 5.32 Å². The number of carboxylic acids is 1. The van der Waals surface area contributed by atoms with E-state index < -0.39 is 5.97 Å². The largest absolute Gasteiger partial charge is 0.477 e. The quantitative estimate of drug-likeness (QED) is 0.723. The van der Waals surface area contributed by atoms with Crippen molar-refractivity contribution in [2.45, 2.75) is 6.54 Å². The minimum atomic E-state index is -1.03. The highest BCUT2D eigenvalue weighted by Gasteiger charge is 2.10. The van der Waals surface area contributed by atoms with Crippen molar-refractivity contribution in [3.63, 3.8) is 0 Å². The maximum Gasteiger partial charge on any atom is 0.354 e. The summed E-state index contributed by atoms with van der Waals surface area (Å²) < 4.78 is 1.05. The van der Waals surface area contributed by atoms with Gasteiger partial charge in [0.1, 0.15) is 0 Å². The lowest BCUT2D eigenvalue weighted by Crippen LogP contribution is -2.04. The predicted molar refractivity (Wildman–Crippen MR) is 88.0 cm³/mol. The molecule has 2 N–H and O–H groups in total. The summed E-state index contributed by atoms with van der Waals surface area (Å²) in [7, 11) is 0. The van der Waals surface area contributed by atoms with Crippen molar-refractivity contribution in [3.05, 3.63) is 56.8 Å². The Labute approximate surface area is 133 Å². The smallest absolute Gasteiger partial charge is 0.354 e. The number of nitrogens with zero attached hydrogens (tertiary/aromatic N) is 1. The van der Waals surface area contributed by atoms with Gasteiger partial charge in [-0.3, -0.25) is 0 Å². The lowest BCUT2D eigenvalue weighted by atomic mass is 10.1. The first-order valence-corrected chi connectivity index (χ1v) is 7.90. The number of hydrogen-bond acceptors (Lipinski definition) is 4. The number of aromatic nitrogens is 1. The number of fused-ring (bicyclic) bond motifs is 1. The molecule has 106 valence electrons. The SMILES string of the molecule is O=C(O)c1cc(NCc2cc(Br)cs2)c2ccccc2n1. The normalized spacial score (nSPS) is 10.7. The van der Waals surface area contributed by atoms with Gasteiger partial charge in [-0.2, -0.15) is 0 Å². The highest BCUT2D eigenvalue weighted by atomic mass is 79.9. The van der Waals surface area contributed by atoms with Crippen molar-refractivity contribution in [3.8, 4) is 0 Å². The summed E-state index contributed by atoms with van der Waals surface area (Å²) in [6.45, 7) is 0.642. The van der Waals surface area contributed by atoms with E-state index in [1.807, 2.05) is 35.7 Å². The number of aromatic carboxylic acids is 1. The van der Waals surface area contributed by atoms with E-state index in [2.05, 4.69) is 26.2 Å². The highest BCUT2D eigenvalue weighted by molar-refractivity contribution is 9.10. The summed E-state index contributed by atoms with van der Waals surface area (Å²) >= 11 is 5.07. The number of rotatable bonds is 4. The van der Waals surface area contributed by atoms with E-state index in [1.54, 1.807) is 17.4 Å². The number of hydrogen-bond donors (Lipinski definition) is 2. The van der Waals surface area contributed by atoms with E-state index in [0.29, 0.717) is 12.1 Å². The molecule has 2 heterocycles. The second-order valence-corrected chi connectivity index (χ2v) is 6.37. The summed E-state index contributed by atoms with van der Waals surface area (Å²) in [6.07, 6.45) is 0. The molecule has 0 saturated heterocycles. The molecule has 0 aliphatic rings. The minimum Gasteiger partial charge on any atom is -0.477 e. The number of thiophene rings is 1. The first-order chi connectivity index (χ1) is 10.1. The zero-order valence-electron chi connectivity index (χ0n) is 10.8. The summed E-state index contributed by atoms with van der Waals surface area (Å²) in [6, 6.07) is 11.1. The molecule has 6 heteroatoms. The van der Waals surface area contributed by atoms with Crippen LogP contribution in [0.2, 0.25) is 0 Å². The van der Waals surface area contributed by atoms with Gasteiger partial charge in [0.25, 0.3) is 0 Å². The van der Waals surface area contributed by atoms with Crippen LogP contribution in [0.4, 0.5) is 5.69 Å². The van der Waals surface area contributed by atoms with E-state index in [9.17, 15) is 4.79 Å². The maximum absolute atomic E-state index is 11.2. The second kappa shape index (κ2) is 5.83. The number of carboxylic acid groups (broad SMARTS) is 1. The number of pyridine rings is 1. The van der Waals surface area contributed by atoms with Gasteiger partial charge in [0.05, 0.1) is 5.52 Å². The van der Waals surface area contributed by atoms with Gasteiger partial charge in [0.15, 0.2) is 5.69 Å². The van der Waals surface area contributed by atoms with Gasteiger partial charge in [-0.25, -0.2) is 9.78 Å². The van der Waals surface area contributed by atoms with Crippen molar-refractivity contribution in [2.24, 2.45) is 0 Å². The average molecular weight is 363 g/mol. The third-order valence-corrected chi connectivity index (χ3v) is 4.71. The maximum atomic E-state index is 11.2. The molecule has 3 rings (SSSR count). The zero-order chi connectivity index (χ0) is 14.8. The van der Waals surface area contributed by atoms with Crippen LogP contribution in [-0.4, -0.2) is 16.1 Å². The topological polar surface area (TPSA) is 62.2 Å². The molecule has 0 radical (unpaired) electrons. The summed E-state index contributed by atoms with van der Waals surface area (Å²) in [5.74, 6) is -1.03. The first kappa shape index (κ1) is 14.0. The van der Waals surface area contributed by atoms with Crippen molar-refractivity contribution in [1.82, 2.24) is 4.98 Å². The summed E-state index contributed by atoms with van der Waals surface area (Å²) in [5, 5.41) is 15.4. The van der Waals surface area contributed by atoms with Gasteiger partial charge in [-0.15, -0.1) is 11.3 Å². The molecule has 1 aromatic carbocycles. The van der Waals surface area contributed by atoms with Crippen LogP contribution in [-0.2, 0) is 6.54 Å². The van der Waals surface area contributed by atoms with Crippen molar-refractivity contribution in [1.29, 1.82) is 0 Å². The molecule has 0 aliphatic heterocycles. The molecule has 0 unspecified atom stereocenters. The summed E-state index contributed by atoms with van der Waals surface area (Å²) in [5.41, 5.74) is 1.50. The Morgan fingerprint density at radius 3 is 2.86 bits per heavy atom. The Hall–Kier alpha value is -1.92. The monoisotopic (exact) mass is 362 g/mol. The number of para-hydroxylation sites is 1. The predicted octanol–water partition coefficient (Wildman–Crippen LogP) is 4.37. The molecular formula is C15H11BrN2O2S. The van der Waals surface area contributed by atoms with Crippen LogP contribution in [0.5, 0.6) is 0 Å². The fourth-order valence-electron chi connectivity index (χ4n) is 2.06. The fraction of sp³-hybridized carbons (Fsp3) is 0.0667. The molecule has 0 amide bonds. The number of carbonyl (C=O) groups is 1. The van der Waals surface area contributed by atoms with Crippen LogP contribution in [0, 0.1) is 0 Å². The number of benzene rings is 1. The van der Waals surface area contributed by atoms with Crippen LogP contribution >= 0.6 is 27.3 Å². The van der Waals surface area contributed by atoms with Gasteiger partial charge in [-0.1, -0.05) is 18.2 Å². The fourth-order valence-corrected chi connectivity index (χ4v) is 3.45. The van der Waals surface area contributed by atoms with Crippen LogP contribution in [0.3, 0.4) is 0 Å². The number of anilines is 1. The van der Waals surface area contributed by atoms with Gasteiger partial charge in [0, 0.05) is 32.3 Å². The number of halogens is 1. The Bertz CT molecular complexity index is 816. The molecule has 0 atom stereocenters. The number of nitrogens with one attached hydrogen (secondary N) is 1. The van der Waals surface area contributed by atoms with Gasteiger partial charge in [0.2, 0.25) is 0 Å². The van der Waals surface area contributed by atoms with E-state index in [0.717, 1.165) is 15.5 Å². The first-order valence-electron chi connectivity index (χ1n) is 6.23. The molecule has 0 spiro atoms. The molecule has 2 aromatic heterocycles. The molecule has 3 aromatic rings. The van der Waals surface area contributed by atoms with Crippen molar-refractivity contribution < 1.29 is 9.90 Å². The van der Waals surface area contributed by atoms with Gasteiger partial charge < -0.3 is 10.4 Å². The van der Waals surface area contributed by atoms with E-state index in [-0.39, 0.29) is 5.69 Å². The lowest BCUT2D eigenvalue weighted by Gasteiger charge is -2.10. The molecular weight excluding hydrogens is 352 g/mol. The lowest BCUT2D eigenvalue weighted by molar-refractivity contribution is 0.0691. The molecule has 21 heavy (non-hydrogen) atoms. The van der Waals surface area contributed by atoms with Gasteiger partial charge in [-0.05, 0) is 34.1 Å².